The van der Waals surface area contributed by atoms with E-state index in [9.17, 15) is 0 Å². The molecule has 158 valence electrons. The summed E-state index contributed by atoms with van der Waals surface area (Å²) in [7, 11) is -4.67. The maximum absolute atomic E-state index is 8.86. The number of aryl methyl sites for hydroxylation is 1. The van der Waals surface area contributed by atoms with E-state index in [1.54, 1.807) is 0 Å². The predicted molar refractivity (Wildman–Crippen MR) is 109 cm³/mol. The minimum absolute atomic E-state index is 0.0760. The number of aliphatic hydroxyl groups excluding tert-OH is 1. The van der Waals surface area contributed by atoms with Gasteiger partial charge in [0.2, 0.25) is 0 Å². The van der Waals surface area contributed by atoms with E-state index in [0.29, 0.717) is 6.61 Å². The molecule has 6 nitrogen and oxygen atoms in total. The van der Waals surface area contributed by atoms with Gasteiger partial charge in [-0.15, -0.1) is 0 Å². The zero-order chi connectivity index (χ0) is 20.4. The van der Waals surface area contributed by atoms with E-state index < -0.39 is 10.4 Å². The molecule has 0 bridgehead atoms. The molecule has 7 heteroatoms. The third kappa shape index (κ3) is 19.4. The van der Waals surface area contributed by atoms with Gasteiger partial charge in [0.1, 0.15) is 12.4 Å². The van der Waals surface area contributed by atoms with E-state index in [2.05, 4.69) is 19.1 Å². The Balaban J connectivity index is 0.00000119. The maximum Gasteiger partial charge on any atom is 0.394 e. The molecule has 0 aliphatic rings. The number of hydrogen-bond acceptors (Lipinski definition) is 4. The van der Waals surface area contributed by atoms with Crippen molar-refractivity contribution in [3.8, 4) is 5.75 Å². The van der Waals surface area contributed by atoms with Crippen LogP contribution in [0.3, 0.4) is 0 Å². The molecule has 0 atom stereocenters. The van der Waals surface area contributed by atoms with Gasteiger partial charge in [-0.05, 0) is 24.5 Å². The molecule has 0 saturated carbocycles. The molecule has 1 aromatic rings. The molecule has 0 fully saturated rings. The molecular formula is C20H36O6S. The van der Waals surface area contributed by atoms with E-state index in [1.807, 2.05) is 12.1 Å². The lowest BCUT2D eigenvalue weighted by molar-refractivity contribution is 0.200. The van der Waals surface area contributed by atoms with Crippen molar-refractivity contribution in [2.45, 2.75) is 77.6 Å². The van der Waals surface area contributed by atoms with Crippen LogP contribution in [0.2, 0.25) is 0 Å². The maximum atomic E-state index is 8.86. The third-order valence-corrected chi connectivity index (χ3v) is 4.12. The van der Waals surface area contributed by atoms with Crippen LogP contribution in [0.1, 0.15) is 76.7 Å². The smallest absolute Gasteiger partial charge is 0.394 e. The highest BCUT2D eigenvalue weighted by Gasteiger charge is 2.02. The first-order valence-electron chi connectivity index (χ1n) is 9.90. The van der Waals surface area contributed by atoms with Crippen LogP contribution in [0.5, 0.6) is 5.75 Å². The van der Waals surface area contributed by atoms with E-state index >= 15 is 0 Å². The lowest BCUT2D eigenvalue weighted by Crippen LogP contribution is -2.03. The van der Waals surface area contributed by atoms with Gasteiger partial charge in [0.25, 0.3) is 0 Å². The van der Waals surface area contributed by atoms with Gasteiger partial charge in [0, 0.05) is 0 Å². The summed E-state index contributed by atoms with van der Waals surface area (Å²) in [5.74, 6) is 0.937. The number of ether oxygens (including phenoxy) is 1. The fraction of sp³-hybridized carbons (Fsp3) is 0.700. The Kier molecular flexibility index (Phi) is 16.3. The SMILES string of the molecule is CCCCCCCCCCCCc1ccccc1OCCO.O=S(=O)(O)O. The van der Waals surface area contributed by atoms with Crippen LogP contribution in [-0.4, -0.2) is 35.8 Å². The van der Waals surface area contributed by atoms with E-state index in [4.69, 9.17) is 27.4 Å². The molecule has 0 aliphatic heterocycles. The quantitative estimate of drug-likeness (QED) is 0.302. The predicted octanol–water partition coefficient (Wildman–Crippen LogP) is 4.87. The van der Waals surface area contributed by atoms with Crippen LogP contribution in [0.25, 0.3) is 0 Å². The summed E-state index contributed by atoms with van der Waals surface area (Å²) in [5, 5.41) is 8.86. The van der Waals surface area contributed by atoms with Crippen LogP contribution in [-0.2, 0) is 16.8 Å². The van der Waals surface area contributed by atoms with Gasteiger partial charge in [-0.25, -0.2) is 0 Å². The number of hydrogen-bond donors (Lipinski definition) is 3. The summed E-state index contributed by atoms with van der Waals surface area (Å²) in [4.78, 5) is 0. The second kappa shape index (κ2) is 17.0. The molecule has 27 heavy (non-hydrogen) atoms. The van der Waals surface area contributed by atoms with Crippen molar-refractivity contribution >= 4 is 10.4 Å². The molecule has 0 heterocycles. The van der Waals surface area contributed by atoms with Crippen molar-refractivity contribution in [2.24, 2.45) is 0 Å². The molecule has 0 amide bonds. The van der Waals surface area contributed by atoms with Crippen molar-refractivity contribution in [3.63, 3.8) is 0 Å². The minimum atomic E-state index is -4.67. The highest BCUT2D eigenvalue weighted by Crippen LogP contribution is 2.21. The third-order valence-electron chi connectivity index (χ3n) is 4.12. The lowest BCUT2D eigenvalue weighted by Gasteiger charge is -2.10. The Bertz CT molecular complexity index is 551. The number of benzene rings is 1. The first-order valence-corrected chi connectivity index (χ1v) is 11.3. The summed E-state index contributed by atoms with van der Waals surface area (Å²) in [6, 6.07) is 8.20. The Morgan fingerprint density at radius 3 is 1.85 bits per heavy atom. The highest BCUT2D eigenvalue weighted by atomic mass is 32.3. The molecule has 0 spiro atoms. The van der Waals surface area contributed by atoms with Crippen molar-refractivity contribution in [2.75, 3.05) is 13.2 Å². The molecule has 0 radical (unpaired) electrons. The first kappa shape index (κ1) is 25.9. The average Bonchev–Trinajstić information content (AvgIpc) is 2.61. The van der Waals surface area contributed by atoms with Crippen LogP contribution < -0.4 is 4.74 Å². The van der Waals surface area contributed by atoms with Crippen molar-refractivity contribution < 1.29 is 27.4 Å². The van der Waals surface area contributed by atoms with Gasteiger partial charge >= 0.3 is 10.4 Å². The summed E-state index contributed by atoms with van der Waals surface area (Å²) < 4.78 is 37.2. The van der Waals surface area contributed by atoms with Crippen molar-refractivity contribution in [1.82, 2.24) is 0 Å². The summed E-state index contributed by atoms with van der Waals surface area (Å²) in [5.41, 5.74) is 1.27. The monoisotopic (exact) mass is 404 g/mol. The molecule has 0 aromatic heterocycles. The van der Waals surface area contributed by atoms with Gasteiger partial charge < -0.3 is 9.84 Å². The number of rotatable bonds is 14. The number of para-hydroxylation sites is 1. The van der Waals surface area contributed by atoms with E-state index in [1.165, 1.54) is 69.8 Å². The standard InChI is InChI=1S/C20H34O2.H2O4S/c1-2-3-4-5-6-7-8-9-10-11-14-19-15-12-13-16-20(19)22-18-17-21;1-5(2,3)4/h12-13,15-16,21H,2-11,14,17-18H2,1H3;(H2,1,2,3,4). The largest absolute Gasteiger partial charge is 0.491 e. The summed E-state index contributed by atoms with van der Waals surface area (Å²) >= 11 is 0. The minimum Gasteiger partial charge on any atom is -0.491 e. The molecule has 3 N–H and O–H groups in total. The van der Waals surface area contributed by atoms with Crippen molar-refractivity contribution in [1.29, 1.82) is 0 Å². The van der Waals surface area contributed by atoms with Crippen LogP contribution in [0.4, 0.5) is 0 Å². The van der Waals surface area contributed by atoms with Gasteiger partial charge in [0.05, 0.1) is 6.61 Å². The fourth-order valence-corrected chi connectivity index (χ4v) is 2.81. The lowest BCUT2D eigenvalue weighted by atomic mass is 10.0. The van der Waals surface area contributed by atoms with Crippen LogP contribution in [0.15, 0.2) is 24.3 Å². The summed E-state index contributed by atoms with van der Waals surface area (Å²) in [6.45, 7) is 2.73. The summed E-state index contributed by atoms with van der Waals surface area (Å²) in [6.07, 6.45) is 14.8. The zero-order valence-electron chi connectivity index (χ0n) is 16.5. The zero-order valence-corrected chi connectivity index (χ0v) is 17.3. The van der Waals surface area contributed by atoms with Gasteiger partial charge in [-0.1, -0.05) is 82.9 Å². The van der Waals surface area contributed by atoms with E-state index in [-0.39, 0.29) is 6.61 Å². The Morgan fingerprint density at radius 1 is 0.852 bits per heavy atom. The second-order valence-corrected chi connectivity index (χ2v) is 7.46. The average molecular weight is 405 g/mol. The van der Waals surface area contributed by atoms with Gasteiger partial charge in [-0.3, -0.25) is 9.11 Å². The molecule has 0 aliphatic carbocycles. The fourth-order valence-electron chi connectivity index (χ4n) is 2.81. The van der Waals surface area contributed by atoms with Gasteiger partial charge in [-0.2, -0.15) is 8.42 Å². The van der Waals surface area contributed by atoms with Crippen LogP contribution in [0, 0.1) is 0 Å². The highest BCUT2D eigenvalue weighted by molar-refractivity contribution is 7.79. The first-order chi connectivity index (χ1) is 12.9. The Hall–Kier alpha value is -1.15. The molecule has 0 unspecified atom stereocenters. The topological polar surface area (TPSA) is 104 Å². The van der Waals surface area contributed by atoms with Crippen LogP contribution >= 0.6 is 0 Å². The second-order valence-electron chi connectivity index (χ2n) is 6.56. The van der Waals surface area contributed by atoms with E-state index in [0.717, 1.165) is 12.2 Å². The van der Waals surface area contributed by atoms with Crippen molar-refractivity contribution in [3.05, 3.63) is 29.8 Å². The molecule has 1 rings (SSSR count). The number of unbranched alkanes of at least 4 members (excludes halogenated alkanes) is 9. The Labute approximate surface area is 164 Å². The number of aliphatic hydroxyl groups is 1. The van der Waals surface area contributed by atoms with Gasteiger partial charge in [0.15, 0.2) is 0 Å². The molecule has 1 aromatic carbocycles. The molecule has 0 saturated heterocycles. The Morgan fingerprint density at radius 2 is 1.33 bits per heavy atom. The molecular weight excluding hydrogens is 368 g/mol. The normalized spacial score (nSPS) is 11.0.